The quantitative estimate of drug-likeness (QED) is 0.350. The molecule has 4 heteroatoms. The molecule has 1 aromatic rings. The third kappa shape index (κ3) is 14.4. The van der Waals surface area contributed by atoms with Gasteiger partial charge in [-0.3, -0.25) is 0 Å². The maximum atomic E-state index is 4.88. The van der Waals surface area contributed by atoms with Gasteiger partial charge in [-0.2, -0.15) is 0 Å². The normalized spacial score (nSPS) is 8.07. The van der Waals surface area contributed by atoms with E-state index in [0.717, 1.165) is 0 Å². The molecule has 0 radical (unpaired) electrons. The van der Waals surface area contributed by atoms with Crippen LogP contribution in [0.3, 0.4) is 0 Å². The van der Waals surface area contributed by atoms with E-state index in [4.69, 9.17) is 18.8 Å². The van der Waals surface area contributed by atoms with Crippen molar-refractivity contribution in [1.82, 2.24) is 0 Å². The third-order valence-corrected chi connectivity index (χ3v) is 2.84. The second-order valence-electron chi connectivity index (χ2n) is 2.62. The molecule has 0 fully saturated rings. The molecule has 1 aromatic carbocycles. The number of rotatable bonds is 1. The van der Waals surface area contributed by atoms with Gasteiger partial charge in [-0.15, -0.1) is 0 Å². The first-order valence-electron chi connectivity index (χ1n) is 4.04. The van der Waals surface area contributed by atoms with Gasteiger partial charge in [0.1, 0.15) is 0 Å². The van der Waals surface area contributed by atoms with Gasteiger partial charge in [-0.1, -0.05) is 18.2 Å². The van der Waals surface area contributed by atoms with Crippen molar-refractivity contribution < 1.29 is 16.5 Å². The van der Waals surface area contributed by atoms with E-state index in [-0.39, 0.29) is 7.92 Å². The van der Waals surface area contributed by atoms with Crippen molar-refractivity contribution in [2.75, 3.05) is 13.3 Å². The number of halogens is 2. The van der Waals surface area contributed by atoms with E-state index in [0.29, 0.717) is 0 Å². The second kappa shape index (κ2) is 14.4. The van der Waals surface area contributed by atoms with Gasteiger partial charge in [-0.25, -0.2) is 13.2 Å². The van der Waals surface area contributed by atoms with Gasteiger partial charge in [0.2, 0.25) is 0 Å². The summed E-state index contributed by atoms with van der Waals surface area (Å²) in [5, 5.41) is 1.52. The maximum absolute atomic E-state index is 4.88. The zero-order valence-electron chi connectivity index (χ0n) is 8.74. The molecule has 0 aromatic heterocycles. The van der Waals surface area contributed by atoms with Gasteiger partial charge in [0, 0.05) is 7.92 Å². The Kier molecular flexibility index (Phi) is 17.2. The molecular formula is C11H15Cl2PPt. The fraction of sp³-hybridized carbons (Fsp3) is 0.182. The van der Waals surface area contributed by atoms with Gasteiger partial charge in [0.05, 0.1) is 18.6 Å². The van der Waals surface area contributed by atoms with E-state index in [1.54, 1.807) is 0 Å². The molecule has 0 saturated carbocycles. The van der Waals surface area contributed by atoms with Gasteiger partial charge < -0.3 is 5.73 Å². The van der Waals surface area contributed by atoms with Gasteiger partial charge in [0.15, 0.2) is 0 Å². The summed E-state index contributed by atoms with van der Waals surface area (Å²) in [5.74, 6) is 0. The van der Waals surface area contributed by atoms with Crippen LogP contribution >= 0.6 is 26.8 Å². The van der Waals surface area contributed by atoms with Crippen molar-refractivity contribution in [2.45, 2.75) is 0 Å². The predicted molar refractivity (Wildman–Crippen MR) is 71.4 cm³/mol. The number of benzene rings is 1. The fourth-order valence-electron chi connectivity index (χ4n) is 0.771. The molecule has 0 aliphatic heterocycles. The summed E-state index contributed by atoms with van der Waals surface area (Å²) in [6.45, 7) is 12.1. The summed E-state index contributed by atoms with van der Waals surface area (Å²) < 4.78 is 0. The van der Waals surface area contributed by atoms with Crippen LogP contribution in [0, 0.1) is 6.58 Å². The molecule has 1 rings (SSSR count). The molecule has 0 atom stereocenters. The van der Waals surface area contributed by atoms with Crippen molar-refractivity contribution in [3.63, 3.8) is 0 Å². The van der Waals surface area contributed by atoms with Crippen LogP contribution in [0.1, 0.15) is 0 Å². The molecule has 0 amide bonds. The van der Waals surface area contributed by atoms with E-state index in [2.05, 4.69) is 56.8 Å². The summed E-state index contributed by atoms with van der Waals surface area (Å²) >= 11 is -0.472. The Morgan fingerprint density at radius 2 is 1.60 bits per heavy atom. The number of hydrogen-bond acceptors (Lipinski definition) is 0. The molecule has 0 saturated heterocycles. The third-order valence-electron chi connectivity index (χ3n) is 1.35. The van der Waals surface area contributed by atoms with Crippen LogP contribution in [0.25, 0.3) is 0 Å². The minimum atomic E-state index is -0.472. The van der Waals surface area contributed by atoms with Gasteiger partial charge in [0.25, 0.3) is 0 Å². The molecule has 0 heterocycles. The standard InChI is InChI=1S/C8H11P.C3H3.2ClH.Pt/c1-9(2)8-6-4-3-5-7-8;1-3-2;;;/h3-7H,1-2H3;1H,2H2;2*1H;/q;-1;;;+2/p-1. The zero-order chi connectivity index (χ0) is 12.1. The van der Waals surface area contributed by atoms with E-state index in [1.807, 2.05) is 5.73 Å². The summed E-state index contributed by atoms with van der Waals surface area (Å²) in [7, 11) is 9.54. The topological polar surface area (TPSA) is 0 Å². The Hall–Kier alpha value is 0.438. The summed E-state index contributed by atoms with van der Waals surface area (Å²) in [6.07, 6.45) is 0. The SMILES string of the molecule is C[PH+](C)c1ccccc1.[CH-]=C=C.[Cl][Pt][Cl]. The van der Waals surface area contributed by atoms with Crippen LogP contribution in [0.4, 0.5) is 0 Å². The van der Waals surface area contributed by atoms with E-state index < -0.39 is 16.5 Å². The molecular weight excluding hydrogens is 429 g/mol. The molecule has 0 unspecified atom stereocenters. The Morgan fingerprint density at radius 3 is 1.80 bits per heavy atom. The van der Waals surface area contributed by atoms with Crippen LogP contribution < -0.4 is 5.30 Å². The predicted octanol–water partition coefficient (Wildman–Crippen LogP) is 3.92. The van der Waals surface area contributed by atoms with E-state index >= 15 is 0 Å². The van der Waals surface area contributed by atoms with Crippen molar-refractivity contribution in [1.29, 1.82) is 0 Å². The summed E-state index contributed by atoms with van der Waals surface area (Å²) in [5.41, 5.74) is 2.00. The van der Waals surface area contributed by atoms with Crippen molar-refractivity contribution in [3.8, 4) is 0 Å². The van der Waals surface area contributed by atoms with E-state index in [1.165, 1.54) is 5.30 Å². The average molecular weight is 444 g/mol. The summed E-state index contributed by atoms with van der Waals surface area (Å²) in [4.78, 5) is 0. The Balaban J connectivity index is 0. The fourth-order valence-corrected chi connectivity index (χ4v) is 1.63. The van der Waals surface area contributed by atoms with Gasteiger partial charge >= 0.3 is 35.3 Å². The Morgan fingerprint density at radius 1 is 1.27 bits per heavy atom. The molecule has 88 valence electrons. The number of hydrogen-bond donors (Lipinski definition) is 0. The van der Waals surface area contributed by atoms with Gasteiger partial charge in [-0.05, 0) is 12.1 Å². The monoisotopic (exact) mass is 443 g/mol. The first-order chi connectivity index (χ1) is 7.13. The van der Waals surface area contributed by atoms with Crippen LogP contribution in [-0.4, -0.2) is 13.3 Å². The Labute approximate surface area is 111 Å². The molecule has 0 nitrogen and oxygen atoms in total. The van der Waals surface area contributed by atoms with Crippen LogP contribution in [0.15, 0.2) is 42.6 Å². The van der Waals surface area contributed by atoms with Crippen molar-refractivity contribution in [2.24, 2.45) is 0 Å². The van der Waals surface area contributed by atoms with Crippen molar-refractivity contribution in [3.05, 3.63) is 49.2 Å². The molecule has 0 bridgehead atoms. The molecule has 0 N–H and O–H groups in total. The molecule has 0 aliphatic rings. The van der Waals surface area contributed by atoms with E-state index in [9.17, 15) is 0 Å². The van der Waals surface area contributed by atoms with Crippen LogP contribution in [-0.2, 0) is 16.5 Å². The Bertz CT molecular complexity index is 257. The van der Waals surface area contributed by atoms with Crippen molar-refractivity contribution >= 4 is 32.1 Å². The molecule has 0 spiro atoms. The summed E-state index contributed by atoms with van der Waals surface area (Å²) in [6, 6.07) is 10.7. The molecule has 15 heavy (non-hydrogen) atoms. The first kappa shape index (κ1) is 17.8. The molecule has 0 aliphatic carbocycles. The van der Waals surface area contributed by atoms with Crippen LogP contribution in [0.2, 0.25) is 0 Å². The first-order valence-corrected chi connectivity index (χ1v) is 12.2. The minimum absolute atomic E-state index is 0.212. The second-order valence-corrected chi connectivity index (χ2v) is 8.48. The average Bonchev–Trinajstić information content (AvgIpc) is 2.21. The zero-order valence-corrected chi connectivity index (χ0v) is 13.5. The van der Waals surface area contributed by atoms with Crippen LogP contribution in [0.5, 0.6) is 0 Å².